The van der Waals surface area contributed by atoms with Gasteiger partial charge < -0.3 is 10.1 Å². The molecule has 0 fully saturated rings. The lowest BCUT2D eigenvalue weighted by molar-refractivity contribution is 0.120. The van der Waals surface area contributed by atoms with E-state index in [-0.39, 0.29) is 0 Å². The van der Waals surface area contributed by atoms with Gasteiger partial charge in [0.15, 0.2) is 0 Å². The highest BCUT2D eigenvalue weighted by atomic mass is 35.5. The van der Waals surface area contributed by atoms with Gasteiger partial charge >= 0.3 is 0 Å². The Hall–Kier alpha value is -0.570. The SMILES string of the molecule is CC(C)CCC(C)NCCOCc1ccccc1Cl. The van der Waals surface area contributed by atoms with Crippen molar-refractivity contribution in [2.75, 3.05) is 13.2 Å². The molecule has 0 heterocycles. The zero-order valence-electron chi connectivity index (χ0n) is 12.3. The average molecular weight is 284 g/mol. The van der Waals surface area contributed by atoms with Crippen molar-refractivity contribution >= 4 is 11.6 Å². The van der Waals surface area contributed by atoms with Crippen molar-refractivity contribution in [2.45, 2.75) is 46.3 Å². The molecular formula is C16H26ClNO. The third-order valence-corrected chi connectivity index (χ3v) is 3.50. The van der Waals surface area contributed by atoms with Crippen LogP contribution in [0.4, 0.5) is 0 Å². The number of hydrogen-bond donors (Lipinski definition) is 1. The summed E-state index contributed by atoms with van der Waals surface area (Å²) in [6.45, 7) is 8.96. The van der Waals surface area contributed by atoms with Gasteiger partial charge in [0.1, 0.15) is 0 Å². The summed E-state index contributed by atoms with van der Waals surface area (Å²) >= 11 is 6.06. The highest BCUT2D eigenvalue weighted by Crippen LogP contribution is 2.15. The molecule has 0 spiro atoms. The summed E-state index contributed by atoms with van der Waals surface area (Å²) in [4.78, 5) is 0. The van der Waals surface area contributed by atoms with Crippen LogP contribution in [0.3, 0.4) is 0 Å². The lowest BCUT2D eigenvalue weighted by Crippen LogP contribution is -2.29. The van der Waals surface area contributed by atoms with Crippen LogP contribution in [0.25, 0.3) is 0 Å². The minimum absolute atomic E-state index is 0.561. The van der Waals surface area contributed by atoms with Crippen molar-refractivity contribution in [1.82, 2.24) is 5.32 Å². The predicted octanol–water partition coefficient (Wildman–Crippen LogP) is 4.27. The minimum atomic E-state index is 0.561. The van der Waals surface area contributed by atoms with Crippen LogP contribution in [-0.2, 0) is 11.3 Å². The smallest absolute Gasteiger partial charge is 0.0731 e. The van der Waals surface area contributed by atoms with Crippen LogP contribution in [0, 0.1) is 5.92 Å². The first kappa shape index (κ1) is 16.5. The summed E-state index contributed by atoms with van der Waals surface area (Å²) < 4.78 is 5.63. The van der Waals surface area contributed by atoms with E-state index < -0.39 is 0 Å². The number of nitrogens with one attached hydrogen (secondary N) is 1. The quantitative estimate of drug-likeness (QED) is 0.683. The van der Waals surface area contributed by atoms with Crippen LogP contribution in [-0.4, -0.2) is 19.2 Å². The average Bonchev–Trinajstić information content (AvgIpc) is 2.38. The lowest BCUT2D eigenvalue weighted by atomic mass is 10.0. The van der Waals surface area contributed by atoms with Crippen LogP contribution in [0.2, 0.25) is 5.02 Å². The summed E-state index contributed by atoms with van der Waals surface area (Å²) in [5.74, 6) is 0.778. The minimum Gasteiger partial charge on any atom is -0.375 e. The molecule has 3 heteroatoms. The Kier molecular flexibility index (Phi) is 8.11. The van der Waals surface area contributed by atoms with E-state index in [4.69, 9.17) is 16.3 Å². The van der Waals surface area contributed by atoms with E-state index in [0.717, 1.165) is 29.7 Å². The van der Waals surface area contributed by atoms with Crippen LogP contribution >= 0.6 is 11.6 Å². The maximum absolute atomic E-state index is 6.06. The van der Waals surface area contributed by atoms with Gasteiger partial charge in [-0.25, -0.2) is 0 Å². The molecule has 1 aromatic rings. The zero-order valence-corrected chi connectivity index (χ0v) is 13.0. The Balaban J connectivity index is 2.07. The first-order chi connectivity index (χ1) is 9.09. The van der Waals surface area contributed by atoms with Crippen LogP contribution in [0.5, 0.6) is 0 Å². The number of ether oxygens (including phenoxy) is 1. The van der Waals surface area contributed by atoms with E-state index in [1.165, 1.54) is 12.8 Å². The van der Waals surface area contributed by atoms with Crippen molar-refractivity contribution in [3.05, 3.63) is 34.9 Å². The van der Waals surface area contributed by atoms with Gasteiger partial charge in [0.05, 0.1) is 13.2 Å². The molecule has 0 amide bonds. The first-order valence-corrected chi connectivity index (χ1v) is 7.52. The first-order valence-electron chi connectivity index (χ1n) is 7.14. The van der Waals surface area contributed by atoms with E-state index in [9.17, 15) is 0 Å². The molecule has 19 heavy (non-hydrogen) atoms. The predicted molar refractivity (Wildman–Crippen MR) is 82.6 cm³/mol. The van der Waals surface area contributed by atoms with Gasteiger partial charge in [-0.1, -0.05) is 43.6 Å². The van der Waals surface area contributed by atoms with Crippen molar-refractivity contribution in [3.63, 3.8) is 0 Å². The lowest BCUT2D eigenvalue weighted by Gasteiger charge is -2.15. The van der Waals surface area contributed by atoms with Crippen molar-refractivity contribution < 1.29 is 4.74 Å². The molecule has 0 aliphatic carbocycles. The molecular weight excluding hydrogens is 258 g/mol. The summed E-state index contributed by atoms with van der Waals surface area (Å²) in [5.41, 5.74) is 1.05. The molecule has 1 rings (SSSR count). The Morgan fingerprint density at radius 3 is 2.58 bits per heavy atom. The van der Waals surface area contributed by atoms with Gasteiger partial charge in [-0.2, -0.15) is 0 Å². The largest absolute Gasteiger partial charge is 0.375 e. The van der Waals surface area contributed by atoms with Gasteiger partial charge in [-0.15, -0.1) is 0 Å². The number of hydrogen-bond acceptors (Lipinski definition) is 2. The van der Waals surface area contributed by atoms with Gasteiger partial charge in [0.2, 0.25) is 0 Å². The second kappa shape index (κ2) is 9.35. The third kappa shape index (κ3) is 7.56. The molecule has 0 saturated heterocycles. The highest BCUT2D eigenvalue weighted by molar-refractivity contribution is 6.31. The molecule has 0 radical (unpaired) electrons. The molecule has 1 N–H and O–H groups in total. The normalized spacial score (nSPS) is 12.9. The summed E-state index contributed by atoms with van der Waals surface area (Å²) in [6.07, 6.45) is 2.50. The molecule has 0 saturated carbocycles. The molecule has 0 aromatic heterocycles. The Bertz CT molecular complexity index is 354. The zero-order chi connectivity index (χ0) is 14.1. The number of rotatable bonds is 9. The fourth-order valence-corrected chi connectivity index (χ4v) is 2.05. The van der Waals surface area contributed by atoms with Gasteiger partial charge in [-0.3, -0.25) is 0 Å². The topological polar surface area (TPSA) is 21.3 Å². The van der Waals surface area contributed by atoms with E-state index in [0.29, 0.717) is 12.6 Å². The van der Waals surface area contributed by atoms with Crippen LogP contribution in [0.1, 0.15) is 39.2 Å². The highest BCUT2D eigenvalue weighted by Gasteiger charge is 2.03. The van der Waals surface area contributed by atoms with E-state index in [1.54, 1.807) is 0 Å². The van der Waals surface area contributed by atoms with E-state index >= 15 is 0 Å². The van der Waals surface area contributed by atoms with Gasteiger partial charge in [0.25, 0.3) is 0 Å². The molecule has 0 bridgehead atoms. The molecule has 2 nitrogen and oxygen atoms in total. The monoisotopic (exact) mass is 283 g/mol. The maximum Gasteiger partial charge on any atom is 0.0731 e. The van der Waals surface area contributed by atoms with Crippen LogP contribution in [0.15, 0.2) is 24.3 Å². The molecule has 1 unspecified atom stereocenters. The maximum atomic E-state index is 6.06. The molecule has 0 aliphatic rings. The molecule has 1 atom stereocenters. The summed E-state index contributed by atoms with van der Waals surface area (Å²) in [5, 5.41) is 4.26. The van der Waals surface area contributed by atoms with E-state index in [2.05, 4.69) is 26.1 Å². The Morgan fingerprint density at radius 2 is 1.89 bits per heavy atom. The van der Waals surface area contributed by atoms with Gasteiger partial charge in [0, 0.05) is 17.6 Å². The summed E-state index contributed by atoms with van der Waals surface area (Å²) in [7, 11) is 0. The Labute approximate surface area is 122 Å². The van der Waals surface area contributed by atoms with Crippen molar-refractivity contribution in [2.24, 2.45) is 5.92 Å². The van der Waals surface area contributed by atoms with Crippen molar-refractivity contribution in [3.8, 4) is 0 Å². The number of benzene rings is 1. The molecule has 0 aliphatic heterocycles. The fourth-order valence-electron chi connectivity index (χ4n) is 1.86. The Morgan fingerprint density at radius 1 is 1.16 bits per heavy atom. The third-order valence-electron chi connectivity index (χ3n) is 3.13. The van der Waals surface area contributed by atoms with Gasteiger partial charge in [-0.05, 0) is 37.3 Å². The van der Waals surface area contributed by atoms with Crippen molar-refractivity contribution in [1.29, 1.82) is 0 Å². The molecule has 1 aromatic carbocycles. The standard InChI is InChI=1S/C16H26ClNO/c1-13(2)8-9-14(3)18-10-11-19-12-15-6-4-5-7-16(15)17/h4-7,13-14,18H,8-12H2,1-3H3. The summed E-state index contributed by atoms with van der Waals surface area (Å²) in [6, 6.07) is 8.38. The molecule has 108 valence electrons. The second-order valence-corrected chi connectivity index (χ2v) is 5.88. The second-order valence-electron chi connectivity index (χ2n) is 5.47. The van der Waals surface area contributed by atoms with E-state index in [1.807, 2.05) is 24.3 Å². The van der Waals surface area contributed by atoms with Crippen LogP contribution < -0.4 is 5.32 Å². The number of halogens is 1. The fraction of sp³-hybridized carbons (Fsp3) is 0.625.